The van der Waals surface area contributed by atoms with Gasteiger partial charge >= 0.3 is 0 Å². The monoisotopic (exact) mass is 296 g/mol. The average Bonchev–Trinajstić information content (AvgIpc) is 2.81. The molecule has 0 aliphatic carbocycles. The van der Waals surface area contributed by atoms with Crippen LogP contribution in [-0.4, -0.2) is 55.9 Å². The molecule has 0 radical (unpaired) electrons. The maximum atomic E-state index is 12.4. The van der Waals surface area contributed by atoms with Gasteiger partial charge < -0.3 is 20.5 Å². The summed E-state index contributed by atoms with van der Waals surface area (Å²) in [6, 6.07) is 1.82. The predicted molar refractivity (Wildman–Crippen MR) is 79.9 cm³/mol. The molecule has 1 aromatic heterocycles. The van der Waals surface area contributed by atoms with Gasteiger partial charge in [-0.25, -0.2) is 0 Å². The summed E-state index contributed by atoms with van der Waals surface area (Å²) >= 11 is 1.35. The smallest absolute Gasteiger partial charge is 0.264 e. The topological polar surface area (TPSA) is 75.8 Å². The van der Waals surface area contributed by atoms with E-state index < -0.39 is 0 Å². The van der Waals surface area contributed by atoms with E-state index in [1.807, 2.05) is 13.0 Å². The molecule has 0 spiro atoms. The quantitative estimate of drug-likeness (QED) is 0.747. The Morgan fingerprint density at radius 1 is 1.55 bits per heavy atom. The summed E-state index contributed by atoms with van der Waals surface area (Å²) in [5.74, 6) is 5.64. The number of hydrogen-bond donors (Lipinski definition) is 2. The Labute approximate surface area is 123 Å². The second-order valence-electron chi connectivity index (χ2n) is 4.14. The molecular formula is C14H20N2O3S. The number of aliphatic hydroxyl groups excluding tert-OH is 1. The molecule has 0 unspecified atom stereocenters. The highest BCUT2D eigenvalue weighted by Gasteiger charge is 2.18. The van der Waals surface area contributed by atoms with E-state index in [2.05, 4.69) is 11.8 Å². The Hall–Kier alpha value is -1.39. The molecule has 0 aliphatic rings. The third-order valence-electron chi connectivity index (χ3n) is 2.66. The first-order valence-corrected chi connectivity index (χ1v) is 7.14. The number of thiophene rings is 1. The lowest BCUT2D eigenvalue weighted by Crippen LogP contribution is -2.35. The first kappa shape index (κ1) is 16.7. The molecule has 6 heteroatoms. The molecule has 110 valence electrons. The van der Waals surface area contributed by atoms with Crippen molar-refractivity contribution in [1.82, 2.24) is 4.90 Å². The molecule has 1 aromatic rings. The standard InChI is InChI=1S/C14H20N2O3S/c1-11-10-13(20-12(11)4-3-5-15)14(18)16(6-8-17)7-9-19-2/h10,17H,5-9,15H2,1-2H3. The van der Waals surface area contributed by atoms with E-state index in [0.29, 0.717) is 31.1 Å². The summed E-state index contributed by atoms with van der Waals surface area (Å²) in [6.07, 6.45) is 0. The van der Waals surface area contributed by atoms with Gasteiger partial charge in [0.15, 0.2) is 0 Å². The lowest BCUT2D eigenvalue weighted by atomic mass is 10.2. The summed E-state index contributed by atoms with van der Waals surface area (Å²) in [5, 5.41) is 9.04. The molecule has 3 N–H and O–H groups in total. The van der Waals surface area contributed by atoms with Crippen LogP contribution in [0.3, 0.4) is 0 Å². The van der Waals surface area contributed by atoms with Gasteiger partial charge in [0, 0.05) is 20.2 Å². The molecule has 0 saturated heterocycles. The number of aryl methyl sites for hydroxylation is 1. The zero-order chi connectivity index (χ0) is 15.0. The predicted octanol–water partition coefficient (Wildman–Crippen LogP) is 0.448. The molecule has 1 rings (SSSR count). The van der Waals surface area contributed by atoms with E-state index >= 15 is 0 Å². The van der Waals surface area contributed by atoms with E-state index in [4.69, 9.17) is 15.6 Å². The van der Waals surface area contributed by atoms with Crippen LogP contribution in [-0.2, 0) is 4.74 Å². The van der Waals surface area contributed by atoms with Gasteiger partial charge in [0.05, 0.1) is 29.5 Å². The van der Waals surface area contributed by atoms with Gasteiger partial charge in [-0.15, -0.1) is 11.3 Å². The minimum absolute atomic E-state index is 0.0698. The van der Waals surface area contributed by atoms with Crippen molar-refractivity contribution in [3.63, 3.8) is 0 Å². The summed E-state index contributed by atoms with van der Waals surface area (Å²) in [7, 11) is 1.58. The Morgan fingerprint density at radius 2 is 2.30 bits per heavy atom. The van der Waals surface area contributed by atoms with Crippen molar-refractivity contribution in [2.75, 3.05) is 40.0 Å². The van der Waals surface area contributed by atoms with E-state index in [1.54, 1.807) is 12.0 Å². The molecule has 0 fully saturated rings. The summed E-state index contributed by atoms with van der Waals surface area (Å²) in [5.41, 5.74) is 6.32. The molecule has 1 heterocycles. The minimum Gasteiger partial charge on any atom is -0.395 e. The summed E-state index contributed by atoms with van der Waals surface area (Å²) in [4.78, 5) is 15.4. The van der Waals surface area contributed by atoms with Crippen molar-refractivity contribution in [3.05, 3.63) is 21.4 Å². The second kappa shape index (κ2) is 8.72. The van der Waals surface area contributed by atoms with Crippen LogP contribution in [0.5, 0.6) is 0 Å². The number of nitrogens with two attached hydrogens (primary N) is 1. The van der Waals surface area contributed by atoms with Gasteiger partial charge in [-0.2, -0.15) is 0 Å². The van der Waals surface area contributed by atoms with Gasteiger partial charge in [0.2, 0.25) is 0 Å². The highest BCUT2D eigenvalue weighted by atomic mass is 32.1. The number of amides is 1. The number of aliphatic hydroxyl groups is 1. The first-order chi connectivity index (χ1) is 9.63. The molecular weight excluding hydrogens is 276 g/mol. The number of rotatable bonds is 6. The highest BCUT2D eigenvalue weighted by Crippen LogP contribution is 2.22. The Balaban J connectivity index is 2.88. The molecule has 20 heavy (non-hydrogen) atoms. The number of nitrogens with zero attached hydrogens (tertiary/aromatic N) is 1. The highest BCUT2D eigenvalue weighted by molar-refractivity contribution is 7.14. The zero-order valence-electron chi connectivity index (χ0n) is 11.8. The van der Waals surface area contributed by atoms with Crippen LogP contribution in [0.1, 0.15) is 20.1 Å². The van der Waals surface area contributed by atoms with Crippen molar-refractivity contribution in [2.24, 2.45) is 5.73 Å². The van der Waals surface area contributed by atoms with Crippen LogP contribution in [0.15, 0.2) is 6.07 Å². The average molecular weight is 296 g/mol. The van der Waals surface area contributed by atoms with Crippen molar-refractivity contribution in [2.45, 2.75) is 6.92 Å². The van der Waals surface area contributed by atoms with Gasteiger partial charge in [-0.05, 0) is 18.6 Å². The van der Waals surface area contributed by atoms with Crippen LogP contribution in [0, 0.1) is 18.8 Å². The third-order valence-corrected chi connectivity index (χ3v) is 3.80. The van der Waals surface area contributed by atoms with Gasteiger partial charge in [0.1, 0.15) is 0 Å². The van der Waals surface area contributed by atoms with Crippen molar-refractivity contribution in [3.8, 4) is 11.8 Å². The molecule has 5 nitrogen and oxygen atoms in total. The number of ether oxygens (including phenoxy) is 1. The maximum Gasteiger partial charge on any atom is 0.264 e. The maximum absolute atomic E-state index is 12.4. The van der Waals surface area contributed by atoms with E-state index in [1.165, 1.54) is 11.3 Å². The third kappa shape index (κ3) is 4.62. The van der Waals surface area contributed by atoms with Crippen molar-refractivity contribution >= 4 is 17.2 Å². The Morgan fingerprint density at radius 3 is 2.90 bits per heavy atom. The number of methoxy groups -OCH3 is 1. The second-order valence-corrected chi connectivity index (χ2v) is 5.19. The molecule has 1 amide bonds. The minimum atomic E-state index is -0.106. The van der Waals surface area contributed by atoms with Gasteiger partial charge in [0.25, 0.3) is 5.91 Å². The molecule has 0 saturated carbocycles. The lowest BCUT2D eigenvalue weighted by Gasteiger charge is -2.20. The molecule has 0 aliphatic heterocycles. The van der Waals surface area contributed by atoms with Crippen LogP contribution in [0.4, 0.5) is 0 Å². The normalized spacial score (nSPS) is 10.0. The summed E-state index contributed by atoms with van der Waals surface area (Å²) < 4.78 is 4.98. The van der Waals surface area contributed by atoms with Gasteiger partial charge in [-0.1, -0.05) is 11.8 Å². The van der Waals surface area contributed by atoms with E-state index in [9.17, 15) is 4.79 Å². The fourth-order valence-corrected chi connectivity index (χ4v) is 2.65. The number of hydrogen-bond acceptors (Lipinski definition) is 5. The van der Waals surface area contributed by atoms with E-state index in [0.717, 1.165) is 10.4 Å². The van der Waals surface area contributed by atoms with Crippen LogP contribution < -0.4 is 5.73 Å². The molecule has 0 aromatic carbocycles. The van der Waals surface area contributed by atoms with Crippen LogP contribution in [0.2, 0.25) is 0 Å². The van der Waals surface area contributed by atoms with Gasteiger partial charge in [-0.3, -0.25) is 4.79 Å². The Kier molecular flexibility index (Phi) is 7.26. The lowest BCUT2D eigenvalue weighted by molar-refractivity contribution is 0.0661. The fraction of sp³-hybridized carbons (Fsp3) is 0.500. The zero-order valence-corrected chi connectivity index (χ0v) is 12.6. The first-order valence-electron chi connectivity index (χ1n) is 6.32. The SMILES string of the molecule is COCCN(CCO)C(=O)c1cc(C)c(C#CCN)s1. The number of carbonyl (C=O) groups excluding carboxylic acids is 1. The molecule has 0 atom stereocenters. The largest absolute Gasteiger partial charge is 0.395 e. The Bertz CT molecular complexity index is 502. The summed E-state index contributed by atoms with van der Waals surface area (Å²) in [6.45, 7) is 3.33. The fourth-order valence-electron chi connectivity index (χ4n) is 1.64. The molecule has 0 bridgehead atoms. The van der Waals surface area contributed by atoms with Crippen LogP contribution >= 0.6 is 11.3 Å². The van der Waals surface area contributed by atoms with Crippen molar-refractivity contribution < 1.29 is 14.6 Å². The van der Waals surface area contributed by atoms with Crippen LogP contribution in [0.25, 0.3) is 0 Å². The van der Waals surface area contributed by atoms with E-state index in [-0.39, 0.29) is 12.5 Å². The van der Waals surface area contributed by atoms with Crippen molar-refractivity contribution in [1.29, 1.82) is 0 Å². The number of carbonyl (C=O) groups is 1.